The van der Waals surface area contributed by atoms with Gasteiger partial charge >= 0.3 is 0 Å². The number of nitrogens with zero attached hydrogens (tertiary/aromatic N) is 3. The van der Waals surface area contributed by atoms with Crippen LogP contribution in [0.3, 0.4) is 0 Å². The molecule has 0 unspecified atom stereocenters. The van der Waals surface area contributed by atoms with Crippen LogP contribution in [0.4, 0.5) is 0 Å². The smallest absolute Gasteiger partial charge is 0.242 e. The van der Waals surface area contributed by atoms with Crippen LogP contribution in [0.5, 0.6) is 0 Å². The number of sulfonamides is 1. The minimum atomic E-state index is -3.65. The third-order valence-electron chi connectivity index (χ3n) is 5.96. The molecule has 0 aromatic heterocycles. The van der Waals surface area contributed by atoms with Crippen LogP contribution < -0.4 is 15.9 Å². The van der Waals surface area contributed by atoms with Crippen LogP contribution in [0.2, 0.25) is 0 Å². The first-order valence-corrected chi connectivity index (χ1v) is 12.6. The zero-order valence-corrected chi connectivity index (χ0v) is 19.0. The molecule has 3 rings (SSSR count). The fourth-order valence-electron chi connectivity index (χ4n) is 4.19. The van der Waals surface area contributed by atoms with Crippen LogP contribution in [0.15, 0.2) is 35.4 Å². The number of carbonyl (C=O) groups excluding carboxylic acids is 2. The van der Waals surface area contributed by atoms with E-state index in [1.807, 2.05) is 6.07 Å². The molecule has 1 aromatic rings. The van der Waals surface area contributed by atoms with Crippen molar-refractivity contribution in [1.82, 2.24) is 19.8 Å². The number of hydrazone groups is 1. The van der Waals surface area contributed by atoms with Crippen molar-refractivity contribution in [2.45, 2.75) is 37.5 Å². The second-order valence-corrected chi connectivity index (χ2v) is 10.1. The molecule has 2 fully saturated rings. The summed E-state index contributed by atoms with van der Waals surface area (Å²) in [4.78, 5) is 28.9. The van der Waals surface area contributed by atoms with Gasteiger partial charge in [-0.3, -0.25) is 9.59 Å². The quantitative estimate of drug-likeness (QED) is 0.201. The molecule has 2 heterocycles. The van der Waals surface area contributed by atoms with Gasteiger partial charge in [-0.2, -0.15) is 5.10 Å². The standard InChI is InChI=1S/C21H32N6O4S/c22-24-16-26-11-8-17(9-12-26)13-23-21(29)19-7-4-10-27(19)20(28)14-25-32(30,31)15-18-5-2-1-3-6-18/h1-3,5-6,16-17,19,25H,4,7-15,22H2,(H,23,29)/t19-/m0/s1. The highest BCUT2D eigenvalue weighted by molar-refractivity contribution is 7.88. The third-order valence-corrected chi connectivity index (χ3v) is 7.26. The van der Waals surface area contributed by atoms with Crippen LogP contribution in [-0.4, -0.2) is 75.1 Å². The Balaban J connectivity index is 1.44. The van der Waals surface area contributed by atoms with Crippen molar-refractivity contribution in [2.75, 3.05) is 32.7 Å². The molecule has 2 saturated heterocycles. The van der Waals surface area contributed by atoms with Crippen LogP contribution in [-0.2, 0) is 25.4 Å². The molecule has 2 amide bonds. The maximum absolute atomic E-state index is 12.7. The molecule has 1 atom stereocenters. The Bertz CT molecular complexity index is 900. The summed E-state index contributed by atoms with van der Waals surface area (Å²) in [6.45, 7) is 2.36. The normalized spacial score (nSPS) is 20.1. The molecule has 2 aliphatic heterocycles. The molecule has 4 N–H and O–H groups in total. The molecule has 0 radical (unpaired) electrons. The van der Waals surface area contributed by atoms with Crippen molar-refractivity contribution in [2.24, 2.45) is 16.9 Å². The van der Waals surface area contributed by atoms with Gasteiger partial charge in [-0.1, -0.05) is 30.3 Å². The zero-order valence-electron chi connectivity index (χ0n) is 18.2. The van der Waals surface area contributed by atoms with Gasteiger partial charge < -0.3 is 21.0 Å². The van der Waals surface area contributed by atoms with Crippen molar-refractivity contribution in [1.29, 1.82) is 0 Å². The van der Waals surface area contributed by atoms with Crippen LogP contribution in [0.25, 0.3) is 0 Å². The Morgan fingerprint density at radius 2 is 1.84 bits per heavy atom. The molecule has 0 saturated carbocycles. The summed E-state index contributed by atoms with van der Waals surface area (Å²) in [5, 5.41) is 6.52. The first-order valence-electron chi connectivity index (χ1n) is 10.9. The van der Waals surface area contributed by atoms with E-state index in [4.69, 9.17) is 5.84 Å². The minimum Gasteiger partial charge on any atom is -0.361 e. The lowest BCUT2D eigenvalue weighted by atomic mass is 9.97. The Labute approximate surface area is 189 Å². The predicted molar refractivity (Wildman–Crippen MR) is 122 cm³/mol. The highest BCUT2D eigenvalue weighted by atomic mass is 32.2. The van der Waals surface area contributed by atoms with Crippen molar-refractivity contribution in [3.05, 3.63) is 35.9 Å². The summed E-state index contributed by atoms with van der Waals surface area (Å²) >= 11 is 0. The molecule has 11 heteroatoms. The lowest BCUT2D eigenvalue weighted by Gasteiger charge is -2.31. The van der Waals surface area contributed by atoms with Gasteiger partial charge in [0.05, 0.1) is 12.3 Å². The highest BCUT2D eigenvalue weighted by Crippen LogP contribution is 2.19. The van der Waals surface area contributed by atoms with E-state index < -0.39 is 16.1 Å². The van der Waals surface area contributed by atoms with Crippen molar-refractivity contribution >= 4 is 28.2 Å². The van der Waals surface area contributed by atoms with Gasteiger partial charge in [0.25, 0.3) is 0 Å². The van der Waals surface area contributed by atoms with Crippen molar-refractivity contribution in [3.8, 4) is 0 Å². The van der Waals surface area contributed by atoms with Gasteiger partial charge in [-0.25, -0.2) is 13.1 Å². The number of benzene rings is 1. The number of rotatable bonds is 9. The van der Waals surface area contributed by atoms with Crippen LogP contribution >= 0.6 is 0 Å². The Morgan fingerprint density at radius 1 is 1.12 bits per heavy atom. The van der Waals surface area contributed by atoms with Gasteiger partial charge in [-0.15, -0.1) is 0 Å². The Kier molecular flexibility index (Phi) is 8.46. The van der Waals surface area contributed by atoms with E-state index in [-0.39, 0.29) is 24.1 Å². The summed E-state index contributed by atoms with van der Waals surface area (Å²) in [5.41, 5.74) is 0.645. The summed E-state index contributed by atoms with van der Waals surface area (Å²) in [6.07, 6.45) is 4.80. The van der Waals surface area contributed by atoms with Crippen molar-refractivity contribution in [3.63, 3.8) is 0 Å². The lowest BCUT2D eigenvalue weighted by molar-refractivity contribution is -0.137. The fourth-order valence-corrected chi connectivity index (χ4v) is 5.26. The van der Waals surface area contributed by atoms with Gasteiger partial charge in [0.1, 0.15) is 12.4 Å². The SMILES string of the molecule is NN=CN1CCC(CNC(=O)[C@@H]2CCCN2C(=O)CNS(=O)(=O)Cc2ccccc2)CC1. The monoisotopic (exact) mass is 464 g/mol. The number of amides is 2. The third kappa shape index (κ3) is 6.92. The van der Waals surface area contributed by atoms with Gasteiger partial charge in [-0.05, 0) is 37.2 Å². The number of likely N-dealkylation sites (tertiary alicyclic amines) is 2. The molecule has 0 aliphatic carbocycles. The molecular weight excluding hydrogens is 432 g/mol. The molecule has 10 nitrogen and oxygen atoms in total. The Morgan fingerprint density at radius 3 is 2.53 bits per heavy atom. The van der Waals surface area contributed by atoms with Gasteiger partial charge in [0, 0.05) is 26.2 Å². The van der Waals surface area contributed by atoms with Gasteiger partial charge in [0.15, 0.2) is 0 Å². The first-order chi connectivity index (χ1) is 15.4. The molecule has 0 bridgehead atoms. The van der Waals surface area contributed by atoms with E-state index in [0.29, 0.717) is 31.0 Å². The van der Waals surface area contributed by atoms with E-state index >= 15 is 0 Å². The number of nitrogens with one attached hydrogen (secondary N) is 2. The molecule has 32 heavy (non-hydrogen) atoms. The summed E-state index contributed by atoms with van der Waals surface area (Å²) < 4.78 is 27.0. The number of hydrogen-bond donors (Lipinski definition) is 3. The molecule has 0 spiro atoms. The van der Waals surface area contributed by atoms with Crippen LogP contribution in [0, 0.1) is 5.92 Å². The summed E-state index contributed by atoms with van der Waals surface area (Å²) in [5.74, 6) is 4.81. The Hall–Kier alpha value is -2.66. The van der Waals surface area contributed by atoms with E-state index in [1.165, 1.54) is 4.90 Å². The largest absolute Gasteiger partial charge is 0.361 e. The van der Waals surface area contributed by atoms with E-state index in [2.05, 4.69) is 20.0 Å². The molecular formula is C21H32N6O4S. The topological polar surface area (TPSA) is 137 Å². The maximum Gasteiger partial charge on any atom is 0.242 e. The van der Waals surface area contributed by atoms with E-state index in [9.17, 15) is 18.0 Å². The zero-order chi connectivity index (χ0) is 23.0. The minimum absolute atomic E-state index is 0.172. The average molecular weight is 465 g/mol. The number of nitrogens with two attached hydrogens (primary N) is 1. The molecule has 1 aromatic carbocycles. The molecule has 176 valence electrons. The van der Waals surface area contributed by atoms with Gasteiger partial charge in [0.2, 0.25) is 21.8 Å². The van der Waals surface area contributed by atoms with E-state index in [1.54, 1.807) is 30.6 Å². The lowest BCUT2D eigenvalue weighted by Crippen LogP contribution is -2.50. The summed E-state index contributed by atoms with van der Waals surface area (Å²) in [6, 6.07) is 8.23. The number of piperidine rings is 1. The average Bonchev–Trinajstić information content (AvgIpc) is 3.28. The number of carbonyl (C=O) groups is 2. The highest BCUT2D eigenvalue weighted by Gasteiger charge is 2.34. The fraction of sp³-hybridized carbons (Fsp3) is 0.571. The summed E-state index contributed by atoms with van der Waals surface area (Å²) in [7, 11) is -3.65. The second kappa shape index (κ2) is 11.3. The van der Waals surface area contributed by atoms with Crippen LogP contribution in [0.1, 0.15) is 31.2 Å². The van der Waals surface area contributed by atoms with Crippen molar-refractivity contribution < 1.29 is 18.0 Å². The molecule has 2 aliphatic rings. The predicted octanol–water partition coefficient (Wildman–Crippen LogP) is -0.173. The van der Waals surface area contributed by atoms with E-state index in [0.717, 1.165) is 32.4 Å². The maximum atomic E-state index is 12.7. The second-order valence-electron chi connectivity index (χ2n) is 8.30. The first kappa shape index (κ1) is 24.0. The number of hydrogen-bond acceptors (Lipinski definition) is 6.